The molecule has 23 heavy (non-hydrogen) atoms. The van der Waals surface area contributed by atoms with E-state index in [0.717, 1.165) is 22.1 Å². The van der Waals surface area contributed by atoms with E-state index in [2.05, 4.69) is 15.3 Å². The monoisotopic (exact) mass is 332 g/mol. The standard InChI is InChI=1S/C17H21ClN4O/c1-19-17(21-11-13-8-9-16(23-3)20-10-13)22(2)12-14-6-4-5-7-15(14)18/h4-10H,11-12H2,1-3H3,(H,19,21). The first-order valence-corrected chi connectivity index (χ1v) is 7.66. The lowest BCUT2D eigenvalue weighted by Gasteiger charge is -2.22. The summed E-state index contributed by atoms with van der Waals surface area (Å²) in [4.78, 5) is 10.5. The number of hydrogen-bond acceptors (Lipinski definition) is 3. The number of nitrogens with zero attached hydrogens (tertiary/aromatic N) is 3. The predicted octanol–water partition coefficient (Wildman–Crippen LogP) is 2.95. The molecule has 0 aliphatic rings. The topological polar surface area (TPSA) is 49.8 Å². The molecule has 0 bridgehead atoms. The van der Waals surface area contributed by atoms with Gasteiger partial charge in [-0.25, -0.2) is 4.98 Å². The van der Waals surface area contributed by atoms with Crippen LogP contribution in [-0.4, -0.2) is 37.0 Å². The average Bonchev–Trinajstić information content (AvgIpc) is 2.58. The number of nitrogens with one attached hydrogen (secondary N) is 1. The molecule has 0 fully saturated rings. The maximum Gasteiger partial charge on any atom is 0.212 e. The number of halogens is 1. The molecule has 1 heterocycles. The summed E-state index contributed by atoms with van der Waals surface area (Å²) in [5.41, 5.74) is 2.11. The number of benzene rings is 1. The van der Waals surface area contributed by atoms with E-state index in [1.807, 2.05) is 48.3 Å². The molecule has 1 N–H and O–H groups in total. The minimum atomic E-state index is 0.606. The number of hydrogen-bond donors (Lipinski definition) is 1. The highest BCUT2D eigenvalue weighted by Gasteiger charge is 2.08. The first-order chi connectivity index (χ1) is 11.1. The zero-order valence-corrected chi connectivity index (χ0v) is 14.3. The SMILES string of the molecule is CN=C(NCc1ccc(OC)nc1)N(C)Cc1ccccc1Cl. The third-order valence-corrected chi connectivity index (χ3v) is 3.76. The van der Waals surface area contributed by atoms with Crippen molar-refractivity contribution in [2.24, 2.45) is 4.99 Å². The summed E-state index contributed by atoms with van der Waals surface area (Å²) >= 11 is 6.21. The first-order valence-electron chi connectivity index (χ1n) is 7.28. The van der Waals surface area contributed by atoms with Gasteiger partial charge in [-0.3, -0.25) is 4.99 Å². The number of pyridine rings is 1. The first kappa shape index (κ1) is 17.1. The van der Waals surface area contributed by atoms with E-state index in [-0.39, 0.29) is 0 Å². The highest BCUT2D eigenvalue weighted by molar-refractivity contribution is 6.31. The third kappa shape index (κ3) is 4.86. The summed E-state index contributed by atoms with van der Waals surface area (Å²) in [7, 11) is 5.34. The summed E-state index contributed by atoms with van der Waals surface area (Å²) in [6.07, 6.45) is 1.78. The summed E-state index contributed by atoms with van der Waals surface area (Å²) in [6, 6.07) is 11.6. The fourth-order valence-corrected chi connectivity index (χ4v) is 2.35. The molecule has 6 heteroatoms. The Bertz CT molecular complexity index is 658. The van der Waals surface area contributed by atoms with Crippen LogP contribution >= 0.6 is 11.6 Å². The van der Waals surface area contributed by atoms with Crippen molar-refractivity contribution in [1.82, 2.24) is 15.2 Å². The van der Waals surface area contributed by atoms with Gasteiger partial charge >= 0.3 is 0 Å². The fourth-order valence-electron chi connectivity index (χ4n) is 2.16. The molecule has 0 atom stereocenters. The van der Waals surface area contributed by atoms with E-state index in [1.54, 1.807) is 20.4 Å². The van der Waals surface area contributed by atoms with Gasteiger partial charge in [0, 0.05) is 44.5 Å². The van der Waals surface area contributed by atoms with Crippen LogP contribution in [0.15, 0.2) is 47.6 Å². The molecule has 0 saturated heterocycles. The van der Waals surface area contributed by atoms with E-state index >= 15 is 0 Å². The van der Waals surface area contributed by atoms with Gasteiger partial charge in [-0.1, -0.05) is 35.9 Å². The van der Waals surface area contributed by atoms with E-state index < -0.39 is 0 Å². The van der Waals surface area contributed by atoms with Crippen LogP contribution in [0.4, 0.5) is 0 Å². The minimum absolute atomic E-state index is 0.606. The summed E-state index contributed by atoms with van der Waals surface area (Å²) < 4.78 is 5.06. The van der Waals surface area contributed by atoms with E-state index in [9.17, 15) is 0 Å². The molecule has 0 aliphatic carbocycles. The van der Waals surface area contributed by atoms with Crippen molar-refractivity contribution in [3.63, 3.8) is 0 Å². The lowest BCUT2D eigenvalue weighted by atomic mass is 10.2. The highest BCUT2D eigenvalue weighted by atomic mass is 35.5. The molecule has 5 nitrogen and oxygen atoms in total. The smallest absolute Gasteiger partial charge is 0.212 e. The van der Waals surface area contributed by atoms with Crippen molar-refractivity contribution in [3.05, 3.63) is 58.7 Å². The Hall–Kier alpha value is -2.27. The van der Waals surface area contributed by atoms with Crippen molar-refractivity contribution in [3.8, 4) is 5.88 Å². The van der Waals surface area contributed by atoms with Gasteiger partial charge < -0.3 is 15.0 Å². The number of rotatable bonds is 5. The van der Waals surface area contributed by atoms with Crippen LogP contribution in [0.5, 0.6) is 5.88 Å². The Morgan fingerprint density at radius 3 is 2.70 bits per heavy atom. The fraction of sp³-hybridized carbons (Fsp3) is 0.294. The Labute approximate surface area is 142 Å². The molecular formula is C17H21ClN4O. The molecule has 2 aromatic rings. The van der Waals surface area contributed by atoms with Crippen molar-refractivity contribution in [2.45, 2.75) is 13.1 Å². The van der Waals surface area contributed by atoms with Gasteiger partial charge in [-0.05, 0) is 17.2 Å². The van der Waals surface area contributed by atoms with Gasteiger partial charge in [-0.15, -0.1) is 0 Å². The van der Waals surface area contributed by atoms with Crippen molar-refractivity contribution < 1.29 is 4.74 Å². The summed E-state index contributed by atoms with van der Waals surface area (Å²) in [6.45, 7) is 1.32. The summed E-state index contributed by atoms with van der Waals surface area (Å²) in [5.74, 6) is 1.40. The lowest BCUT2D eigenvalue weighted by molar-refractivity contribution is 0.397. The predicted molar refractivity (Wildman–Crippen MR) is 93.9 cm³/mol. The van der Waals surface area contributed by atoms with Crippen LogP contribution in [-0.2, 0) is 13.1 Å². The molecule has 0 amide bonds. The van der Waals surface area contributed by atoms with Crippen LogP contribution in [0.25, 0.3) is 0 Å². The molecule has 0 spiro atoms. The van der Waals surface area contributed by atoms with Crippen molar-refractivity contribution in [2.75, 3.05) is 21.2 Å². The van der Waals surface area contributed by atoms with Gasteiger partial charge in [0.2, 0.25) is 5.88 Å². The second-order valence-corrected chi connectivity index (χ2v) is 5.46. The number of aromatic nitrogens is 1. The molecule has 122 valence electrons. The molecule has 1 aromatic carbocycles. The molecule has 0 aliphatic heterocycles. The van der Waals surface area contributed by atoms with Crippen LogP contribution < -0.4 is 10.1 Å². The molecule has 0 unspecified atom stereocenters. The Morgan fingerprint density at radius 2 is 2.09 bits per heavy atom. The minimum Gasteiger partial charge on any atom is -0.481 e. The highest BCUT2D eigenvalue weighted by Crippen LogP contribution is 2.16. The summed E-state index contributed by atoms with van der Waals surface area (Å²) in [5, 5.41) is 4.07. The van der Waals surface area contributed by atoms with Crippen molar-refractivity contribution >= 4 is 17.6 Å². The second-order valence-electron chi connectivity index (χ2n) is 5.06. The van der Waals surface area contributed by atoms with E-state index in [1.165, 1.54) is 0 Å². The van der Waals surface area contributed by atoms with Gasteiger partial charge in [0.15, 0.2) is 5.96 Å². The Kier molecular flexibility index (Phi) is 6.23. The molecular weight excluding hydrogens is 312 g/mol. The lowest BCUT2D eigenvalue weighted by Crippen LogP contribution is -2.38. The molecule has 0 radical (unpaired) electrons. The average molecular weight is 333 g/mol. The number of guanidine groups is 1. The number of ether oxygens (including phenoxy) is 1. The normalized spacial score (nSPS) is 11.2. The van der Waals surface area contributed by atoms with Gasteiger partial charge in [0.1, 0.15) is 0 Å². The number of methoxy groups -OCH3 is 1. The molecule has 0 saturated carbocycles. The van der Waals surface area contributed by atoms with E-state index in [4.69, 9.17) is 16.3 Å². The molecule has 2 rings (SSSR count). The Morgan fingerprint density at radius 1 is 1.30 bits per heavy atom. The Balaban J connectivity index is 1.95. The van der Waals surface area contributed by atoms with Crippen LogP contribution in [0.1, 0.15) is 11.1 Å². The maximum atomic E-state index is 6.21. The zero-order chi connectivity index (χ0) is 16.7. The molecule has 1 aromatic heterocycles. The van der Waals surface area contributed by atoms with Crippen LogP contribution in [0.3, 0.4) is 0 Å². The third-order valence-electron chi connectivity index (χ3n) is 3.40. The quantitative estimate of drug-likeness (QED) is 0.675. The second kappa shape index (κ2) is 8.39. The van der Waals surface area contributed by atoms with Gasteiger partial charge in [0.05, 0.1) is 7.11 Å². The van der Waals surface area contributed by atoms with Gasteiger partial charge in [-0.2, -0.15) is 0 Å². The zero-order valence-electron chi connectivity index (χ0n) is 13.6. The van der Waals surface area contributed by atoms with Crippen LogP contribution in [0.2, 0.25) is 5.02 Å². The van der Waals surface area contributed by atoms with Crippen LogP contribution in [0, 0.1) is 0 Å². The largest absolute Gasteiger partial charge is 0.481 e. The van der Waals surface area contributed by atoms with Crippen molar-refractivity contribution in [1.29, 1.82) is 0 Å². The van der Waals surface area contributed by atoms with Gasteiger partial charge in [0.25, 0.3) is 0 Å². The maximum absolute atomic E-state index is 6.21. The number of aliphatic imine (C=N–C) groups is 1. The van der Waals surface area contributed by atoms with E-state index in [0.29, 0.717) is 19.0 Å².